The standard InChI is InChI=1S/C21H22N4O3S/c1-15-23-19(12-21(26)24-15)17-7-5-11-25(14-17)29(27,28)20-9-3-2-8-18(20)16-6-4-10-22-13-16/h2-4,6,8-10,12-13,17H,5,7,11,14H2,1H3,(H,23,24,26). The summed E-state index contributed by atoms with van der Waals surface area (Å²) in [4.78, 5) is 23.3. The summed E-state index contributed by atoms with van der Waals surface area (Å²) >= 11 is 0. The molecule has 150 valence electrons. The van der Waals surface area contributed by atoms with Crippen LogP contribution >= 0.6 is 0 Å². The zero-order valence-corrected chi connectivity index (χ0v) is 16.9. The largest absolute Gasteiger partial charge is 0.311 e. The molecule has 1 unspecified atom stereocenters. The molecule has 1 saturated heterocycles. The highest BCUT2D eigenvalue weighted by Gasteiger charge is 2.33. The molecule has 0 saturated carbocycles. The van der Waals surface area contributed by atoms with Crippen LogP contribution in [-0.2, 0) is 10.0 Å². The molecule has 3 heterocycles. The Labute approximate surface area is 169 Å². The fourth-order valence-electron chi connectivity index (χ4n) is 3.81. The van der Waals surface area contributed by atoms with Gasteiger partial charge in [-0.05, 0) is 31.9 Å². The number of H-pyrrole nitrogens is 1. The lowest BCUT2D eigenvalue weighted by Crippen LogP contribution is -2.39. The molecule has 1 aliphatic rings. The Bertz CT molecular complexity index is 1180. The number of aryl methyl sites for hydroxylation is 1. The predicted octanol–water partition coefficient (Wildman–Crippen LogP) is 2.71. The number of piperidine rings is 1. The third-order valence-corrected chi connectivity index (χ3v) is 7.08. The van der Waals surface area contributed by atoms with Crippen molar-refractivity contribution in [3.63, 3.8) is 0 Å². The highest BCUT2D eigenvalue weighted by atomic mass is 32.2. The van der Waals surface area contributed by atoms with Gasteiger partial charge in [0.2, 0.25) is 10.0 Å². The molecule has 1 N–H and O–H groups in total. The van der Waals surface area contributed by atoms with Gasteiger partial charge in [-0.25, -0.2) is 13.4 Å². The molecule has 4 rings (SSSR count). The molecule has 3 aromatic rings. The Morgan fingerprint density at radius 1 is 1.17 bits per heavy atom. The number of nitrogens with zero attached hydrogens (tertiary/aromatic N) is 3. The van der Waals surface area contributed by atoms with Crippen molar-refractivity contribution >= 4 is 10.0 Å². The van der Waals surface area contributed by atoms with Gasteiger partial charge in [-0.3, -0.25) is 9.78 Å². The molecule has 8 heteroatoms. The lowest BCUT2D eigenvalue weighted by atomic mass is 9.96. The van der Waals surface area contributed by atoms with E-state index in [-0.39, 0.29) is 16.4 Å². The summed E-state index contributed by atoms with van der Waals surface area (Å²) in [5.74, 6) is 0.430. The van der Waals surface area contributed by atoms with Crippen LogP contribution in [0.15, 0.2) is 64.5 Å². The van der Waals surface area contributed by atoms with Gasteiger partial charge < -0.3 is 4.98 Å². The van der Waals surface area contributed by atoms with Gasteiger partial charge in [-0.1, -0.05) is 24.3 Å². The smallest absolute Gasteiger partial charge is 0.251 e. The zero-order valence-electron chi connectivity index (χ0n) is 16.1. The first-order valence-corrected chi connectivity index (χ1v) is 11.0. The molecule has 2 aromatic heterocycles. The van der Waals surface area contributed by atoms with Crippen molar-refractivity contribution in [2.24, 2.45) is 0 Å². The van der Waals surface area contributed by atoms with E-state index in [4.69, 9.17) is 0 Å². The number of pyridine rings is 1. The second kappa shape index (κ2) is 7.88. The zero-order chi connectivity index (χ0) is 20.4. The maximum Gasteiger partial charge on any atom is 0.251 e. The van der Waals surface area contributed by atoms with E-state index in [2.05, 4.69) is 15.0 Å². The lowest BCUT2D eigenvalue weighted by Gasteiger charge is -2.32. The molecule has 29 heavy (non-hydrogen) atoms. The van der Waals surface area contributed by atoms with Gasteiger partial charge in [0.1, 0.15) is 5.82 Å². The van der Waals surface area contributed by atoms with E-state index in [1.165, 1.54) is 10.4 Å². The summed E-state index contributed by atoms with van der Waals surface area (Å²) < 4.78 is 28.5. The minimum Gasteiger partial charge on any atom is -0.311 e. The van der Waals surface area contributed by atoms with Crippen molar-refractivity contribution in [3.05, 3.63) is 76.7 Å². The van der Waals surface area contributed by atoms with Crippen LogP contribution in [0.5, 0.6) is 0 Å². The molecular formula is C21H22N4O3S. The third-order valence-electron chi connectivity index (χ3n) is 5.16. The number of hydrogen-bond donors (Lipinski definition) is 1. The van der Waals surface area contributed by atoms with Crippen LogP contribution in [0.2, 0.25) is 0 Å². The molecule has 0 amide bonds. The minimum absolute atomic E-state index is 0.106. The molecule has 1 fully saturated rings. The monoisotopic (exact) mass is 410 g/mol. The minimum atomic E-state index is -3.71. The Morgan fingerprint density at radius 2 is 2.00 bits per heavy atom. The van der Waals surface area contributed by atoms with Gasteiger partial charge in [0.05, 0.1) is 10.6 Å². The van der Waals surface area contributed by atoms with Crippen molar-refractivity contribution < 1.29 is 8.42 Å². The SMILES string of the molecule is Cc1nc(C2CCCN(S(=O)(=O)c3ccccc3-c3cccnc3)C2)cc(=O)[nH]1. The van der Waals surface area contributed by atoms with Crippen LogP contribution in [0, 0.1) is 6.92 Å². The molecule has 1 atom stereocenters. The van der Waals surface area contributed by atoms with E-state index in [1.54, 1.807) is 43.6 Å². The highest BCUT2D eigenvalue weighted by molar-refractivity contribution is 7.89. The first kappa shape index (κ1) is 19.5. The maximum atomic E-state index is 13.5. The van der Waals surface area contributed by atoms with Crippen LogP contribution in [0.4, 0.5) is 0 Å². The number of aromatic amines is 1. The number of rotatable bonds is 4. The normalized spacial score (nSPS) is 17.9. The molecule has 7 nitrogen and oxygen atoms in total. The molecular weight excluding hydrogens is 388 g/mol. The van der Waals surface area contributed by atoms with Gasteiger partial charge in [0.25, 0.3) is 5.56 Å². The van der Waals surface area contributed by atoms with E-state index in [9.17, 15) is 13.2 Å². The number of nitrogens with one attached hydrogen (secondary N) is 1. The summed E-state index contributed by atoms with van der Waals surface area (Å²) in [5.41, 5.74) is 1.82. The van der Waals surface area contributed by atoms with Crippen molar-refractivity contribution in [1.29, 1.82) is 0 Å². The summed E-state index contributed by atoms with van der Waals surface area (Å²) in [5, 5.41) is 0. The third kappa shape index (κ3) is 3.99. The molecule has 0 aliphatic carbocycles. The van der Waals surface area contributed by atoms with Crippen molar-refractivity contribution in [2.45, 2.75) is 30.6 Å². The first-order valence-electron chi connectivity index (χ1n) is 9.52. The van der Waals surface area contributed by atoms with Crippen molar-refractivity contribution in [1.82, 2.24) is 19.3 Å². The average Bonchev–Trinajstić information content (AvgIpc) is 2.74. The lowest BCUT2D eigenvalue weighted by molar-refractivity contribution is 0.312. The van der Waals surface area contributed by atoms with E-state index in [1.807, 2.05) is 12.1 Å². The maximum absolute atomic E-state index is 13.5. The molecule has 1 aromatic carbocycles. The molecule has 0 spiro atoms. The quantitative estimate of drug-likeness (QED) is 0.713. The second-order valence-electron chi connectivity index (χ2n) is 7.20. The fraction of sp³-hybridized carbons (Fsp3) is 0.286. The predicted molar refractivity (Wildman–Crippen MR) is 110 cm³/mol. The highest BCUT2D eigenvalue weighted by Crippen LogP contribution is 2.33. The Morgan fingerprint density at radius 3 is 2.76 bits per heavy atom. The van der Waals surface area contributed by atoms with E-state index < -0.39 is 10.0 Å². The number of aromatic nitrogens is 3. The van der Waals surface area contributed by atoms with Gasteiger partial charge in [0.15, 0.2) is 0 Å². The van der Waals surface area contributed by atoms with Crippen LogP contribution in [-0.4, -0.2) is 40.8 Å². The van der Waals surface area contributed by atoms with Crippen LogP contribution < -0.4 is 5.56 Å². The van der Waals surface area contributed by atoms with Gasteiger partial charge in [-0.2, -0.15) is 4.31 Å². The Kier molecular flexibility index (Phi) is 5.29. The Hall–Kier alpha value is -2.84. The van der Waals surface area contributed by atoms with Crippen molar-refractivity contribution in [2.75, 3.05) is 13.1 Å². The topological polar surface area (TPSA) is 96.0 Å². The van der Waals surface area contributed by atoms with Gasteiger partial charge in [-0.15, -0.1) is 0 Å². The molecule has 0 radical (unpaired) electrons. The van der Waals surface area contributed by atoms with Crippen LogP contribution in [0.1, 0.15) is 30.3 Å². The summed E-state index contributed by atoms with van der Waals surface area (Å²) in [6.07, 6.45) is 4.83. The summed E-state index contributed by atoms with van der Waals surface area (Å²) in [6.45, 7) is 2.48. The van der Waals surface area contributed by atoms with Crippen LogP contribution in [0.25, 0.3) is 11.1 Å². The van der Waals surface area contributed by atoms with Crippen LogP contribution in [0.3, 0.4) is 0 Å². The first-order chi connectivity index (χ1) is 13.9. The van der Waals surface area contributed by atoms with E-state index in [0.717, 1.165) is 12.0 Å². The number of benzene rings is 1. The van der Waals surface area contributed by atoms with Gasteiger partial charge >= 0.3 is 0 Å². The summed E-state index contributed by atoms with van der Waals surface area (Å²) in [7, 11) is -3.71. The number of hydrogen-bond acceptors (Lipinski definition) is 5. The van der Waals surface area contributed by atoms with E-state index in [0.29, 0.717) is 36.6 Å². The van der Waals surface area contributed by atoms with E-state index >= 15 is 0 Å². The van der Waals surface area contributed by atoms with Crippen molar-refractivity contribution in [3.8, 4) is 11.1 Å². The summed E-state index contributed by atoms with van der Waals surface area (Å²) in [6, 6.07) is 12.1. The Balaban J connectivity index is 1.69. The molecule has 1 aliphatic heterocycles. The second-order valence-corrected chi connectivity index (χ2v) is 9.10. The number of sulfonamides is 1. The molecule has 0 bridgehead atoms. The fourth-order valence-corrected chi connectivity index (χ4v) is 5.54. The average molecular weight is 410 g/mol. The van der Waals surface area contributed by atoms with Gasteiger partial charge in [0, 0.05) is 48.6 Å².